The van der Waals surface area contributed by atoms with Gasteiger partial charge in [-0.05, 0) is 37.5 Å². The molecule has 5 heteroatoms. The van der Waals surface area contributed by atoms with Gasteiger partial charge in [0.05, 0.1) is 17.6 Å². The van der Waals surface area contributed by atoms with E-state index in [2.05, 4.69) is 10.2 Å². The van der Waals surface area contributed by atoms with Crippen LogP contribution in [-0.2, 0) is 11.2 Å². The van der Waals surface area contributed by atoms with Crippen molar-refractivity contribution in [1.82, 2.24) is 15.0 Å². The van der Waals surface area contributed by atoms with Gasteiger partial charge in [-0.3, -0.25) is 4.79 Å². The zero-order chi connectivity index (χ0) is 13.0. The first-order valence-electron chi connectivity index (χ1n) is 5.85. The number of aryl methyl sites for hydroxylation is 2. The van der Waals surface area contributed by atoms with E-state index in [9.17, 15) is 4.79 Å². The van der Waals surface area contributed by atoms with Gasteiger partial charge in [-0.15, -0.1) is 0 Å². The zero-order valence-electron chi connectivity index (χ0n) is 10.2. The lowest BCUT2D eigenvalue weighted by Crippen LogP contribution is -1.99. The number of carbonyl (C=O) groups is 1. The summed E-state index contributed by atoms with van der Waals surface area (Å²) in [5.41, 5.74) is 2.91. The number of aromatic nitrogens is 3. The molecule has 18 heavy (non-hydrogen) atoms. The highest BCUT2D eigenvalue weighted by Gasteiger charge is 2.01. The molecule has 0 radical (unpaired) electrons. The van der Waals surface area contributed by atoms with Crippen LogP contribution in [0.25, 0.3) is 5.69 Å². The number of carboxylic acids is 1. The van der Waals surface area contributed by atoms with Gasteiger partial charge in [0.15, 0.2) is 0 Å². The Kier molecular flexibility index (Phi) is 3.72. The van der Waals surface area contributed by atoms with Crippen LogP contribution in [0.1, 0.15) is 24.1 Å². The maximum Gasteiger partial charge on any atom is 0.303 e. The van der Waals surface area contributed by atoms with Crippen LogP contribution in [0.5, 0.6) is 0 Å². The summed E-state index contributed by atoms with van der Waals surface area (Å²) < 4.78 is 0. The van der Waals surface area contributed by atoms with Gasteiger partial charge in [0, 0.05) is 6.42 Å². The molecule has 0 saturated heterocycles. The van der Waals surface area contributed by atoms with E-state index in [-0.39, 0.29) is 6.42 Å². The largest absolute Gasteiger partial charge is 0.481 e. The third kappa shape index (κ3) is 3.16. The molecule has 0 bridgehead atoms. The van der Waals surface area contributed by atoms with Gasteiger partial charge in [-0.25, -0.2) is 0 Å². The van der Waals surface area contributed by atoms with Gasteiger partial charge in [0.2, 0.25) is 0 Å². The molecule has 0 aliphatic heterocycles. The molecule has 94 valence electrons. The van der Waals surface area contributed by atoms with E-state index in [1.54, 1.807) is 11.0 Å². The molecule has 0 aliphatic carbocycles. The first-order chi connectivity index (χ1) is 8.65. The maximum absolute atomic E-state index is 10.4. The number of benzene rings is 1. The fourth-order valence-electron chi connectivity index (χ4n) is 1.70. The number of hydrogen-bond donors (Lipinski definition) is 1. The topological polar surface area (TPSA) is 68.0 Å². The van der Waals surface area contributed by atoms with Crippen LogP contribution in [0.2, 0.25) is 0 Å². The van der Waals surface area contributed by atoms with Crippen LogP contribution in [0.4, 0.5) is 0 Å². The van der Waals surface area contributed by atoms with Crippen LogP contribution < -0.4 is 0 Å². The Morgan fingerprint density at radius 3 is 2.61 bits per heavy atom. The van der Waals surface area contributed by atoms with Crippen molar-refractivity contribution in [3.63, 3.8) is 0 Å². The molecule has 2 rings (SSSR count). The zero-order valence-corrected chi connectivity index (χ0v) is 10.2. The first kappa shape index (κ1) is 12.3. The highest BCUT2D eigenvalue weighted by atomic mass is 16.4. The van der Waals surface area contributed by atoms with Crippen LogP contribution in [0, 0.1) is 6.92 Å². The second-order valence-corrected chi connectivity index (χ2v) is 4.19. The summed E-state index contributed by atoms with van der Waals surface area (Å²) in [4.78, 5) is 12.0. The van der Waals surface area contributed by atoms with E-state index < -0.39 is 5.97 Å². The summed E-state index contributed by atoms with van der Waals surface area (Å²) in [5, 5.41) is 16.9. The normalized spacial score (nSPS) is 10.5. The molecule has 0 unspecified atom stereocenters. The Morgan fingerprint density at radius 2 is 2.06 bits per heavy atom. The summed E-state index contributed by atoms with van der Waals surface area (Å²) in [6.07, 6.45) is 3.36. The molecule has 0 amide bonds. The minimum absolute atomic E-state index is 0.210. The van der Waals surface area contributed by atoms with Crippen molar-refractivity contribution in [2.45, 2.75) is 26.2 Å². The summed E-state index contributed by atoms with van der Waals surface area (Å²) in [6, 6.07) is 7.84. The molecule has 1 aromatic heterocycles. The molecule has 0 spiro atoms. The van der Waals surface area contributed by atoms with Gasteiger partial charge < -0.3 is 5.11 Å². The molecular formula is C13H15N3O2. The number of nitrogens with zero attached hydrogens (tertiary/aromatic N) is 3. The van der Waals surface area contributed by atoms with Crippen molar-refractivity contribution in [1.29, 1.82) is 0 Å². The van der Waals surface area contributed by atoms with Crippen LogP contribution >= 0.6 is 0 Å². The third-order valence-electron chi connectivity index (χ3n) is 2.63. The molecule has 0 saturated carbocycles. The van der Waals surface area contributed by atoms with Crippen molar-refractivity contribution in [2.24, 2.45) is 0 Å². The van der Waals surface area contributed by atoms with E-state index in [1.807, 2.05) is 31.2 Å². The van der Waals surface area contributed by atoms with E-state index in [0.29, 0.717) is 6.42 Å². The Bertz CT molecular complexity index is 531. The maximum atomic E-state index is 10.4. The smallest absolute Gasteiger partial charge is 0.303 e. The molecule has 5 nitrogen and oxygen atoms in total. The van der Waals surface area contributed by atoms with Gasteiger partial charge in [0.25, 0.3) is 0 Å². The van der Waals surface area contributed by atoms with Gasteiger partial charge >= 0.3 is 5.97 Å². The third-order valence-corrected chi connectivity index (χ3v) is 2.63. The van der Waals surface area contributed by atoms with Gasteiger partial charge in [-0.2, -0.15) is 15.0 Å². The van der Waals surface area contributed by atoms with E-state index in [4.69, 9.17) is 5.11 Å². The quantitative estimate of drug-likeness (QED) is 0.874. The average Bonchev–Trinajstić information content (AvgIpc) is 2.76. The predicted molar refractivity (Wildman–Crippen MR) is 66.7 cm³/mol. The van der Waals surface area contributed by atoms with Gasteiger partial charge in [0.1, 0.15) is 0 Å². The van der Waals surface area contributed by atoms with E-state index in [0.717, 1.165) is 23.4 Å². The van der Waals surface area contributed by atoms with Crippen molar-refractivity contribution in [3.05, 3.63) is 41.7 Å². The second kappa shape index (κ2) is 5.44. The average molecular weight is 245 g/mol. The van der Waals surface area contributed by atoms with Crippen LogP contribution in [0.3, 0.4) is 0 Å². The monoisotopic (exact) mass is 245 g/mol. The summed E-state index contributed by atoms with van der Waals surface area (Å²) >= 11 is 0. The van der Waals surface area contributed by atoms with E-state index in [1.165, 1.54) is 0 Å². The standard InChI is InChI=1S/C13H15N3O2/c1-10-9-14-16(15-10)12-7-5-11(6-8-12)3-2-4-13(17)18/h5-9H,2-4H2,1H3,(H,17,18). The molecule has 0 atom stereocenters. The number of hydrogen-bond acceptors (Lipinski definition) is 3. The highest BCUT2D eigenvalue weighted by molar-refractivity contribution is 5.66. The summed E-state index contributed by atoms with van der Waals surface area (Å²) in [6.45, 7) is 1.89. The fraction of sp³-hybridized carbons (Fsp3) is 0.308. The fourth-order valence-corrected chi connectivity index (χ4v) is 1.70. The first-order valence-corrected chi connectivity index (χ1v) is 5.85. The van der Waals surface area contributed by atoms with Crippen molar-refractivity contribution >= 4 is 5.97 Å². The van der Waals surface area contributed by atoms with Crippen LogP contribution in [-0.4, -0.2) is 26.1 Å². The Labute approximate surface area is 105 Å². The molecule has 1 N–H and O–H groups in total. The van der Waals surface area contributed by atoms with E-state index >= 15 is 0 Å². The number of rotatable bonds is 5. The lowest BCUT2D eigenvalue weighted by atomic mass is 10.1. The summed E-state index contributed by atoms with van der Waals surface area (Å²) in [5.74, 6) is -0.747. The lowest BCUT2D eigenvalue weighted by Gasteiger charge is -2.02. The SMILES string of the molecule is Cc1cnn(-c2ccc(CCCC(=O)O)cc2)n1. The molecule has 0 aliphatic rings. The predicted octanol–water partition coefficient (Wildman–Crippen LogP) is 1.98. The number of carboxylic acid groups (broad SMARTS) is 1. The molecule has 1 heterocycles. The summed E-state index contributed by atoms with van der Waals surface area (Å²) in [7, 11) is 0. The molecular weight excluding hydrogens is 230 g/mol. The Morgan fingerprint density at radius 1 is 1.33 bits per heavy atom. The Balaban J connectivity index is 1.99. The molecule has 0 fully saturated rings. The van der Waals surface area contributed by atoms with Crippen molar-refractivity contribution in [3.8, 4) is 5.69 Å². The number of aliphatic carboxylic acids is 1. The minimum atomic E-state index is -0.747. The highest BCUT2D eigenvalue weighted by Crippen LogP contribution is 2.10. The minimum Gasteiger partial charge on any atom is -0.481 e. The Hall–Kier alpha value is -2.17. The molecule has 1 aromatic carbocycles. The second-order valence-electron chi connectivity index (χ2n) is 4.19. The van der Waals surface area contributed by atoms with Crippen molar-refractivity contribution in [2.75, 3.05) is 0 Å². The van der Waals surface area contributed by atoms with Crippen LogP contribution in [0.15, 0.2) is 30.5 Å². The van der Waals surface area contributed by atoms with Gasteiger partial charge in [-0.1, -0.05) is 12.1 Å². The lowest BCUT2D eigenvalue weighted by molar-refractivity contribution is -0.137. The van der Waals surface area contributed by atoms with Crippen molar-refractivity contribution < 1.29 is 9.90 Å². The molecule has 2 aromatic rings.